The van der Waals surface area contributed by atoms with E-state index in [2.05, 4.69) is 55.6 Å². The third-order valence-electron chi connectivity index (χ3n) is 21.6. The summed E-state index contributed by atoms with van der Waals surface area (Å²) in [4.78, 5) is 13.5. The van der Waals surface area contributed by atoms with E-state index in [1.165, 1.54) is 283 Å². The van der Waals surface area contributed by atoms with Crippen molar-refractivity contribution >= 4 is 5.91 Å². The van der Waals surface area contributed by atoms with Crippen LogP contribution in [0.25, 0.3) is 0 Å². The van der Waals surface area contributed by atoms with E-state index in [-0.39, 0.29) is 18.9 Å². The van der Waals surface area contributed by atoms with Crippen molar-refractivity contribution in [2.45, 2.75) is 465 Å². The Morgan fingerprint density at radius 3 is 0.952 bits per heavy atom. The first-order chi connectivity index (χ1) is 51.3. The molecule has 616 valence electrons. The van der Waals surface area contributed by atoms with Gasteiger partial charge >= 0.3 is 0 Å². The molecule has 17 atom stereocenters. The van der Waals surface area contributed by atoms with E-state index in [1.54, 1.807) is 6.08 Å². The Labute approximate surface area is 637 Å². The third-order valence-corrected chi connectivity index (χ3v) is 21.6. The number of allylic oxidation sites excluding steroid dienone is 7. The summed E-state index contributed by atoms with van der Waals surface area (Å²) in [7, 11) is 0. The number of hydrogen-bond acceptors (Lipinski definition) is 18. The standard InChI is InChI=1S/C86H159NO18/c1-3-5-7-9-11-13-15-17-19-21-23-25-27-29-31-32-33-34-35-36-38-40-42-44-46-48-50-52-54-56-58-60-62-64-74(92)87-69(70(91)63-61-59-57-55-53-51-49-47-45-43-41-39-37-30-28-26-24-22-20-18-16-14-12-10-8-6-4-2)68-100-84-80(98)77(95)82(72(66-89)102-84)105-86-81(99)78(96)83(73(67-90)103-86)104-85-79(97)76(94)75(93)71(65-88)101-85/h21,23,45,47,53,55,61,63,69-73,75-86,88-91,93-99H,3-20,22,24-44,46,48-52,54,56-60,62,64-68H2,1-2H3,(H,87,92)/b23-21-,47-45+,55-53+,63-61+. The molecule has 0 aliphatic carbocycles. The van der Waals surface area contributed by atoms with Crippen LogP contribution in [0.15, 0.2) is 48.6 Å². The van der Waals surface area contributed by atoms with Crippen LogP contribution in [0.5, 0.6) is 0 Å². The highest BCUT2D eigenvalue weighted by Gasteiger charge is 2.54. The molecule has 3 heterocycles. The monoisotopic (exact) mass is 1490 g/mol. The van der Waals surface area contributed by atoms with Gasteiger partial charge in [0.05, 0.1) is 38.6 Å². The van der Waals surface area contributed by atoms with Gasteiger partial charge in [0.15, 0.2) is 18.9 Å². The van der Waals surface area contributed by atoms with E-state index < -0.39 is 124 Å². The average molecular weight is 1500 g/mol. The van der Waals surface area contributed by atoms with Crippen molar-refractivity contribution in [3.05, 3.63) is 48.6 Å². The molecule has 19 heteroatoms. The maximum absolute atomic E-state index is 13.5. The van der Waals surface area contributed by atoms with Crippen LogP contribution in [0, 0.1) is 0 Å². The summed E-state index contributed by atoms with van der Waals surface area (Å²) in [5.41, 5.74) is 0. The molecule has 0 saturated carbocycles. The molecular formula is C86H159NO18. The predicted molar refractivity (Wildman–Crippen MR) is 420 cm³/mol. The van der Waals surface area contributed by atoms with Gasteiger partial charge in [-0.1, -0.05) is 332 Å². The van der Waals surface area contributed by atoms with Crippen LogP contribution in [0.1, 0.15) is 361 Å². The van der Waals surface area contributed by atoms with Crippen molar-refractivity contribution in [2.75, 3.05) is 26.4 Å². The fraction of sp³-hybridized carbons (Fsp3) is 0.895. The van der Waals surface area contributed by atoms with Crippen molar-refractivity contribution in [2.24, 2.45) is 0 Å². The fourth-order valence-electron chi connectivity index (χ4n) is 14.6. The number of aliphatic hydroxyl groups is 11. The van der Waals surface area contributed by atoms with E-state index in [1.807, 2.05) is 6.08 Å². The van der Waals surface area contributed by atoms with E-state index in [9.17, 15) is 61.0 Å². The SMILES string of the molecule is CCCCCCCCCC/C=C\CCCCCCCCCCCCCCCCCCCCCCCC(=O)NC(COC1OC(CO)C(OC2OC(CO)C(OC3OC(CO)C(O)C(O)C3O)C(O)C2O)C(O)C1O)C(O)/C=C/CC/C=C/CC/C=C/CCCCCCCCCCCCCCCCCCC. The number of carbonyl (C=O) groups excluding carboxylic acids is 1. The number of hydrogen-bond donors (Lipinski definition) is 12. The molecule has 0 aromatic heterocycles. The topological polar surface area (TPSA) is 307 Å². The van der Waals surface area contributed by atoms with E-state index in [0.29, 0.717) is 12.8 Å². The minimum absolute atomic E-state index is 0.235. The first-order valence-electron chi connectivity index (χ1n) is 43.4. The molecule has 0 bridgehead atoms. The second kappa shape index (κ2) is 66.4. The summed E-state index contributed by atoms with van der Waals surface area (Å²) in [5.74, 6) is -0.283. The van der Waals surface area contributed by atoms with Crippen molar-refractivity contribution < 1.29 is 89.4 Å². The van der Waals surface area contributed by atoms with Crippen LogP contribution >= 0.6 is 0 Å². The minimum atomic E-state index is -1.98. The third kappa shape index (κ3) is 45.8. The highest BCUT2D eigenvalue weighted by molar-refractivity contribution is 5.76. The zero-order chi connectivity index (χ0) is 76.0. The molecule has 17 unspecified atom stereocenters. The Balaban J connectivity index is 1.36. The van der Waals surface area contributed by atoms with Crippen molar-refractivity contribution in [1.82, 2.24) is 5.32 Å². The molecule has 3 aliphatic rings. The Hall–Kier alpha value is -2.25. The molecule has 12 N–H and O–H groups in total. The van der Waals surface area contributed by atoms with Crippen LogP contribution in [0.4, 0.5) is 0 Å². The van der Waals surface area contributed by atoms with Crippen LogP contribution in [-0.2, 0) is 33.2 Å². The van der Waals surface area contributed by atoms with Crippen LogP contribution in [-0.4, -0.2) is 193 Å². The minimum Gasteiger partial charge on any atom is -0.394 e. The molecule has 3 saturated heterocycles. The molecule has 0 aromatic carbocycles. The van der Waals surface area contributed by atoms with Gasteiger partial charge in [0.25, 0.3) is 0 Å². The Morgan fingerprint density at radius 2 is 0.610 bits per heavy atom. The van der Waals surface area contributed by atoms with Crippen LogP contribution in [0.2, 0.25) is 0 Å². The molecule has 19 nitrogen and oxygen atoms in total. The summed E-state index contributed by atoms with van der Waals surface area (Å²) in [6, 6.07) is -0.998. The first-order valence-corrected chi connectivity index (χ1v) is 43.4. The quantitative estimate of drug-likeness (QED) is 0.0199. The molecule has 0 aromatic rings. The maximum atomic E-state index is 13.5. The molecule has 0 spiro atoms. The highest BCUT2D eigenvalue weighted by Crippen LogP contribution is 2.33. The van der Waals surface area contributed by atoms with Gasteiger partial charge in [-0.15, -0.1) is 0 Å². The van der Waals surface area contributed by atoms with E-state index >= 15 is 0 Å². The number of amides is 1. The first kappa shape index (κ1) is 96.9. The lowest BCUT2D eigenvalue weighted by Crippen LogP contribution is -2.66. The van der Waals surface area contributed by atoms with Gasteiger partial charge in [-0.25, -0.2) is 0 Å². The molecular weight excluding hydrogens is 1330 g/mol. The zero-order valence-corrected chi connectivity index (χ0v) is 66.2. The van der Waals surface area contributed by atoms with Gasteiger partial charge in [-0.2, -0.15) is 0 Å². The second-order valence-electron chi connectivity index (χ2n) is 31.0. The predicted octanol–water partition coefficient (Wildman–Crippen LogP) is 15.6. The number of ether oxygens (including phenoxy) is 6. The molecule has 3 fully saturated rings. The fourth-order valence-corrected chi connectivity index (χ4v) is 14.6. The molecule has 105 heavy (non-hydrogen) atoms. The van der Waals surface area contributed by atoms with Gasteiger partial charge in [-0.3, -0.25) is 4.79 Å². The van der Waals surface area contributed by atoms with Crippen molar-refractivity contribution in [3.8, 4) is 0 Å². The van der Waals surface area contributed by atoms with Crippen molar-refractivity contribution in [3.63, 3.8) is 0 Å². The molecule has 3 rings (SSSR count). The maximum Gasteiger partial charge on any atom is 0.220 e. The zero-order valence-electron chi connectivity index (χ0n) is 66.2. The summed E-state index contributed by atoms with van der Waals surface area (Å²) in [5, 5.41) is 121. The van der Waals surface area contributed by atoms with Crippen molar-refractivity contribution in [1.29, 1.82) is 0 Å². The molecule has 0 radical (unpaired) electrons. The summed E-state index contributed by atoms with van der Waals surface area (Å²) in [6.45, 7) is 1.77. The highest BCUT2D eigenvalue weighted by atomic mass is 16.8. The Bertz CT molecular complexity index is 2080. The smallest absolute Gasteiger partial charge is 0.220 e. The molecule has 1 amide bonds. The lowest BCUT2D eigenvalue weighted by molar-refractivity contribution is -0.379. The Kier molecular flexibility index (Phi) is 61.3. The van der Waals surface area contributed by atoms with E-state index in [4.69, 9.17) is 28.4 Å². The van der Waals surface area contributed by atoms with Gasteiger partial charge in [0.2, 0.25) is 5.91 Å². The number of rotatable bonds is 70. The summed E-state index contributed by atoms with van der Waals surface area (Å²) in [6.07, 6.45) is 58.4. The number of aliphatic hydroxyl groups excluding tert-OH is 11. The van der Waals surface area contributed by atoms with Crippen LogP contribution < -0.4 is 5.32 Å². The van der Waals surface area contributed by atoms with Crippen LogP contribution in [0.3, 0.4) is 0 Å². The lowest BCUT2D eigenvalue weighted by atomic mass is 9.96. The Morgan fingerprint density at radius 1 is 0.333 bits per heavy atom. The number of unbranched alkanes of at least 4 members (excludes halogenated alkanes) is 48. The second-order valence-corrected chi connectivity index (χ2v) is 31.0. The largest absolute Gasteiger partial charge is 0.394 e. The summed E-state index contributed by atoms with van der Waals surface area (Å²) >= 11 is 0. The van der Waals surface area contributed by atoms with Gasteiger partial charge in [-0.05, 0) is 70.6 Å². The van der Waals surface area contributed by atoms with E-state index in [0.717, 1.165) is 44.9 Å². The summed E-state index contributed by atoms with van der Waals surface area (Å²) < 4.78 is 34.5. The van der Waals surface area contributed by atoms with Gasteiger partial charge in [0.1, 0.15) is 73.2 Å². The molecule has 3 aliphatic heterocycles. The number of carbonyl (C=O) groups is 1. The average Bonchev–Trinajstić information content (AvgIpc) is 0.780. The van der Waals surface area contributed by atoms with Gasteiger partial charge < -0.3 is 89.9 Å². The van der Waals surface area contributed by atoms with Gasteiger partial charge in [0, 0.05) is 6.42 Å². The number of nitrogens with one attached hydrogen (secondary N) is 1. The lowest BCUT2D eigenvalue weighted by Gasteiger charge is -2.48. The normalized spacial score (nSPS) is 26.0.